The van der Waals surface area contributed by atoms with Crippen molar-refractivity contribution >= 4 is 0 Å². The Bertz CT molecular complexity index is 94.1. The minimum atomic E-state index is 0.385. The monoisotopic (exact) mass is 189 g/mol. The van der Waals surface area contributed by atoms with Crippen molar-refractivity contribution in [3.05, 3.63) is 0 Å². The molecule has 0 aliphatic rings. The second kappa shape index (κ2) is 10.0. The van der Waals surface area contributed by atoms with Crippen LogP contribution in [-0.4, -0.2) is 37.7 Å². The standard InChI is InChI=1S/C9H21NO.C2H6/c1-8(2)10(4)7-6-9(3)11-5;1-2/h8-9H,6-7H2,1-5H3;1-2H3. The van der Waals surface area contributed by atoms with Crippen LogP contribution in [0.25, 0.3) is 0 Å². The third kappa shape index (κ3) is 9.84. The van der Waals surface area contributed by atoms with Gasteiger partial charge in [0, 0.05) is 19.7 Å². The SMILES string of the molecule is CC.COC(C)CCN(C)C(C)C. The lowest BCUT2D eigenvalue weighted by Gasteiger charge is -2.22. The van der Waals surface area contributed by atoms with Gasteiger partial charge in [0.05, 0.1) is 6.10 Å². The minimum Gasteiger partial charge on any atom is -0.382 e. The minimum absolute atomic E-state index is 0.385. The van der Waals surface area contributed by atoms with Crippen LogP contribution in [0, 0.1) is 0 Å². The van der Waals surface area contributed by atoms with E-state index < -0.39 is 0 Å². The van der Waals surface area contributed by atoms with Crippen LogP contribution >= 0.6 is 0 Å². The van der Waals surface area contributed by atoms with Gasteiger partial charge in [0.2, 0.25) is 0 Å². The molecule has 0 spiro atoms. The number of methoxy groups -OCH3 is 1. The number of ether oxygens (including phenoxy) is 1. The highest BCUT2D eigenvalue weighted by Gasteiger charge is 2.05. The lowest BCUT2D eigenvalue weighted by Crippen LogP contribution is -2.29. The van der Waals surface area contributed by atoms with Gasteiger partial charge in [-0.2, -0.15) is 0 Å². The molecule has 0 radical (unpaired) electrons. The Morgan fingerprint density at radius 2 is 1.62 bits per heavy atom. The summed E-state index contributed by atoms with van der Waals surface area (Å²) in [6.07, 6.45) is 1.50. The molecule has 0 aliphatic heterocycles. The summed E-state index contributed by atoms with van der Waals surface area (Å²) in [7, 11) is 3.91. The number of nitrogens with zero attached hydrogens (tertiary/aromatic N) is 1. The van der Waals surface area contributed by atoms with Gasteiger partial charge in [-0.3, -0.25) is 0 Å². The molecule has 1 atom stereocenters. The van der Waals surface area contributed by atoms with Crippen molar-refractivity contribution in [2.24, 2.45) is 0 Å². The molecule has 13 heavy (non-hydrogen) atoms. The molecule has 2 nitrogen and oxygen atoms in total. The Morgan fingerprint density at radius 3 is 1.92 bits per heavy atom. The highest BCUT2D eigenvalue weighted by molar-refractivity contribution is 4.59. The van der Waals surface area contributed by atoms with Crippen LogP contribution in [0.5, 0.6) is 0 Å². The van der Waals surface area contributed by atoms with Crippen LogP contribution in [0.4, 0.5) is 0 Å². The summed E-state index contributed by atoms with van der Waals surface area (Å²) in [6.45, 7) is 11.6. The van der Waals surface area contributed by atoms with Crippen molar-refractivity contribution in [3.8, 4) is 0 Å². The zero-order valence-electron chi connectivity index (χ0n) is 10.4. The predicted octanol–water partition coefficient (Wildman–Crippen LogP) is 2.78. The Balaban J connectivity index is 0. The normalized spacial score (nSPS) is 12.7. The first kappa shape index (κ1) is 15.4. The van der Waals surface area contributed by atoms with Crippen LogP contribution in [0.1, 0.15) is 41.0 Å². The van der Waals surface area contributed by atoms with E-state index in [-0.39, 0.29) is 0 Å². The second-order valence-corrected chi connectivity index (χ2v) is 3.41. The topological polar surface area (TPSA) is 12.5 Å². The molecule has 0 aliphatic carbocycles. The van der Waals surface area contributed by atoms with Crippen LogP contribution < -0.4 is 0 Å². The first-order chi connectivity index (χ1) is 6.07. The lowest BCUT2D eigenvalue weighted by atomic mass is 10.2. The van der Waals surface area contributed by atoms with Crippen LogP contribution in [-0.2, 0) is 4.74 Å². The maximum absolute atomic E-state index is 5.15. The quantitative estimate of drug-likeness (QED) is 0.659. The number of hydrogen-bond donors (Lipinski definition) is 0. The first-order valence-corrected chi connectivity index (χ1v) is 5.31. The van der Waals surface area contributed by atoms with Crippen LogP contribution in [0.15, 0.2) is 0 Å². The summed E-state index contributed by atoms with van der Waals surface area (Å²) in [6, 6.07) is 0.638. The predicted molar refractivity (Wildman–Crippen MR) is 60.2 cm³/mol. The smallest absolute Gasteiger partial charge is 0.0555 e. The fourth-order valence-corrected chi connectivity index (χ4v) is 0.761. The van der Waals surface area contributed by atoms with Gasteiger partial charge < -0.3 is 9.64 Å². The largest absolute Gasteiger partial charge is 0.382 e. The average Bonchev–Trinajstić information content (AvgIpc) is 2.16. The van der Waals surface area contributed by atoms with E-state index in [0.717, 1.165) is 13.0 Å². The summed E-state index contributed by atoms with van der Waals surface area (Å²) < 4.78 is 5.15. The van der Waals surface area contributed by atoms with E-state index in [1.807, 2.05) is 13.8 Å². The van der Waals surface area contributed by atoms with Gasteiger partial charge in [0.15, 0.2) is 0 Å². The molecule has 0 bridgehead atoms. The number of hydrogen-bond acceptors (Lipinski definition) is 2. The van der Waals surface area contributed by atoms with Gasteiger partial charge in [-0.1, -0.05) is 13.8 Å². The van der Waals surface area contributed by atoms with Gasteiger partial charge >= 0.3 is 0 Å². The molecule has 0 amide bonds. The third-order valence-electron chi connectivity index (χ3n) is 2.17. The van der Waals surface area contributed by atoms with E-state index >= 15 is 0 Å². The Labute approximate surface area is 84.3 Å². The zero-order valence-corrected chi connectivity index (χ0v) is 10.4. The number of rotatable bonds is 5. The molecule has 0 fully saturated rings. The van der Waals surface area contributed by atoms with Crippen molar-refractivity contribution in [2.75, 3.05) is 20.7 Å². The van der Waals surface area contributed by atoms with Crippen LogP contribution in [0.3, 0.4) is 0 Å². The maximum atomic E-state index is 5.15. The van der Waals surface area contributed by atoms with Gasteiger partial charge in [0.1, 0.15) is 0 Å². The zero-order chi connectivity index (χ0) is 10.9. The fraction of sp³-hybridized carbons (Fsp3) is 1.00. The molecule has 0 aromatic carbocycles. The van der Waals surface area contributed by atoms with Gasteiger partial charge in [-0.05, 0) is 34.2 Å². The van der Waals surface area contributed by atoms with Gasteiger partial charge in [-0.15, -0.1) is 0 Å². The first-order valence-electron chi connectivity index (χ1n) is 5.31. The maximum Gasteiger partial charge on any atom is 0.0555 e. The van der Waals surface area contributed by atoms with E-state index in [1.165, 1.54) is 0 Å². The van der Waals surface area contributed by atoms with Crippen LogP contribution in [0.2, 0.25) is 0 Å². The van der Waals surface area contributed by atoms with E-state index in [0.29, 0.717) is 12.1 Å². The highest BCUT2D eigenvalue weighted by atomic mass is 16.5. The molecule has 2 heteroatoms. The molecule has 0 heterocycles. The van der Waals surface area contributed by atoms with Crippen molar-refractivity contribution < 1.29 is 4.74 Å². The molecule has 0 N–H and O–H groups in total. The summed E-state index contributed by atoms with van der Waals surface area (Å²) in [5.41, 5.74) is 0. The van der Waals surface area contributed by atoms with Gasteiger partial charge in [0.25, 0.3) is 0 Å². The summed E-state index contributed by atoms with van der Waals surface area (Å²) in [5.74, 6) is 0. The Hall–Kier alpha value is -0.0800. The molecule has 0 rings (SSSR count). The molecular weight excluding hydrogens is 162 g/mol. The molecule has 1 unspecified atom stereocenters. The average molecular weight is 189 g/mol. The molecule has 82 valence electrons. The second-order valence-electron chi connectivity index (χ2n) is 3.41. The Morgan fingerprint density at radius 1 is 1.15 bits per heavy atom. The van der Waals surface area contributed by atoms with E-state index in [2.05, 4.69) is 32.7 Å². The summed E-state index contributed by atoms with van der Waals surface area (Å²) >= 11 is 0. The molecule has 0 saturated heterocycles. The Kier molecular flexibility index (Phi) is 11.8. The summed E-state index contributed by atoms with van der Waals surface area (Å²) in [5, 5.41) is 0. The fourth-order valence-electron chi connectivity index (χ4n) is 0.761. The highest BCUT2D eigenvalue weighted by Crippen LogP contribution is 2.00. The molecule has 0 aromatic rings. The van der Waals surface area contributed by atoms with Crippen molar-refractivity contribution in [1.82, 2.24) is 4.90 Å². The van der Waals surface area contributed by atoms with E-state index in [9.17, 15) is 0 Å². The molecular formula is C11H27NO. The third-order valence-corrected chi connectivity index (χ3v) is 2.17. The molecule has 0 saturated carbocycles. The van der Waals surface area contributed by atoms with Crippen molar-refractivity contribution in [2.45, 2.75) is 53.2 Å². The lowest BCUT2D eigenvalue weighted by molar-refractivity contribution is 0.0971. The van der Waals surface area contributed by atoms with Crippen molar-refractivity contribution in [3.63, 3.8) is 0 Å². The van der Waals surface area contributed by atoms with E-state index in [4.69, 9.17) is 4.74 Å². The van der Waals surface area contributed by atoms with Crippen molar-refractivity contribution in [1.29, 1.82) is 0 Å². The van der Waals surface area contributed by atoms with Gasteiger partial charge in [-0.25, -0.2) is 0 Å². The van der Waals surface area contributed by atoms with E-state index in [1.54, 1.807) is 7.11 Å². The molecule has 0 aromatic heterocycles. The summed E-state index contributed by atoms with van der Waals surface area (Å²) in [4.78, 5) is 2.33.